The van der Waals surface area contributed by atoms with E-state index in [-0.39, 0.29) is 5.91 Å². The van der Waals surface area contributed by atoms with Gasteiger partial charge < -0.3 is 9.88 Å². The summed E-state index contributed by atoms with van der Waals surface area (Å²) in [5.41, 5.74) is 1.50. The van der Waals surface area contributed by atoms with Crippen LogP contribution in [0.3, 0.4) is 0 Å². The Morgan fingerprint density at radius 3 is 3.00 bits per heavy atom. The average molecular weight is 407 g/mol. The highest BCUT2D eigenvalue weighted by Crippen LogP contribution is 2.37. The standard InChI is InChI=1S/C20H30N4OS2/c1-4-6-7-10-21-18(25)13-26-20-23-22-19(24(20)3)17-12-15-11-14(5-2)8-9-16(15)27-17/h12,14H,4-11,13H2,1-3H3,(H,21,25). The highest BCUT2D eigenvalue weighted by molar-refractivity contribution is 7.99. The Morgan fingerprint density at radius 1 is 1.37 bits per heavy atom. The SMILES string of the molecule is CCCCCNC(=O)CSc1nnc(-c2cc3c(s2)CCC(CC)C3)n1C. The average Bonchev–Trinajstić information content (AvgIpc) is 3.25. The van der Waals surface area contributed by atoms with E-state index in [9.17, 15) is 4.79 Å². The molecular weight excluding hydrogens is 376 g/mol. The van der Waals surface area contributed by atoms with Crippen LogP contribution in [0, 0.1) is 5.92 Å². The second kappa shape index (κ2) is 9.73. The zero-order chi connectivity index (χ0) is 19.2. The van der Waals surface area contributed by atoms with Crippen molar-refractivity contribution in [2.45, 2.75) is 63.9 Å². The molecule has 0 saturated carbocycles. The van der Waals surface area contributed by atoms with Gasteiger partial charge in [-0.25, -0.2) is 0 Å². The van der Waals surface area contributed by atoms with Crippen LogP contribution >= 0.6 is 23.1 Å². The molecule has 1 aliphatic rings. The van der Waals surface area contributed by atoms with E-state index in [4.69, 9.17) is 0 Å². The molecular formula is C20H30N4OS2. The maximum atomic E-state index is 12.0. The lowest BCUT2D eigenvalue weighted by Gasteiger charge is -2.19. The van der Waals surface area contributed by atoms with Crippen LogP contribution in [-0.4, -0.2) is 33.0 Å². The lowest BCUT2D eigenvalue weighted by atomic mass is 9.87. The van der Waals surface area contributed by atoms with Gasteiger partial charge in [0, 0.05) is 18.5 Å². The smallest absolute Gasteiger partial charge is 0.230 e. The number of aryl methyl sites for hydroxylation is 1. The number of carbonyl (C=O) groups is 1. The van der Waals surface area contributed by atoms with E-state index in [0.29, 0.717) is 5.75 Å². The van der Waals surface area contributed by atoms with Crippen LogP contribution in [0.5, 0.6) is 0 Å². The first-order valence-corrected chi connectivity index (χ1v) is 11.8. The predicted octanol–water partition coefficient (Wildman–Crippen LogP) is 4.46. The summed E-state index contributed by atoms with van der Waals surface area (Å²) in [6.07, 6.45) is 8.31. The summed E-state index contributed by atoms with van der Waals surface area (Å²) in [7, 11) is 1.99. The fraction of sp³-hybridized carbons (Fsp3) is 0.650. The van der Waals surface area contributed by atoms with Gasteiger partial charge in [0.2, 0.25) is 5.91 Å². The first kappa shape index (κ1) is 20.4. The molecule has 2 aromatic heterocycles. The van der Waals surface area contributed by atoms with E-state index in [1.54, 1.807) is 0 Å². The fourth-order valence-electron chi connectivity index (χ4n) is 3.50. The van der Waals surface area contributed by atoms with Gasteiger partial charge in [0.1, 0.15) is 0 Å². The minimum absolute atomic E-state index is 0.0675. The minimum atomic E-state index is 0.0675. The summed E-state index contributed by atoms with van der Waals surface area (Å²) in [6, 6.07) is 2.31. The van der Waals surface area contributed by atoms with Gasteiger partial charge in [0.25, 0.3) is 0 Å². The van der Waals surface area contributed by atoms with E-state index in [2.05, 4.69) is 35.4 Å². The Balaban J connectivity index is 1.59. The van der Waals surface area contributed by atoms with Crippen molar-refractivity contribution in [2.24, 2.45) is 13.0 Å². The summed E-state index contributed by atoms with van der Waals surface area (Å²) in [4.78, 5) is 14.7. The number of thiophene rings is 1. The second-order valence-electron chi connectivity index (χ2n) is 7.29. The normalized spacial score (nSPS) is 16.3. The van der Waals surface area contributed by atoms with Crippen molar-refractivity contribution in [3.63, 3.8) is 0 Å². The van der Waals surface area contributed by atoms with Gasteiger partial charge in [-0.1, -0.05) is 44.9 Å². The molecule has 0 fully saturated rings. The number of fused-ring (bicyclic) bond motifs is 1. The predicted molar refractivity (Wildman–Crippen MR) is 113 cm³/mol. The molecule has 1 amide bonds. The van der Waals surface area contributed by atoms with Crippen molar-refractivity contribution < 1.29 is 4.79 Å². The first-order valence-electron chi connectivity index (χ1n) is 10.0. The lowest BCUT2D eigenvalue weighted by molar-refractivity contribution is -0.118. The van der Waals surface area contributed by atoms with Gasteiger partial charge in [0.05, 0.1) is 10.6 Å². The monoisotopic (exact) mass is 406 g/mol. The Hall–Kier alpha value is -1.34. The number of hydrogen-bond donors (Lipinski definition) is 1. The third kappa shape index (κ3) is 5.13. The maximum absolute atomic E-state index is 12.0. The highest BCUT2D eigenvalue weighted by Gasteiger charge is 2.22. The number of aromatic nitrogens is 3. The number of thioether (sulfide) groups is 1. The van der Waals surface area contributed by atoms with E-state index in [0.717, 1.165) is 42.7 Å². The van der Waals surface area contributed by atoms with Crippen LogP contribution in [-0.2, 0) is 24.7 Å². The van der Waals surface area contributed by atoms with E-state index in [1.165, 1.54) is 52.8 Å². The van der Waals surface area contributed by atoms with Crippen molar-refractivity contribution in [3.05, 3.63) is 16.5 Å². The van der Waals surface area contributed by atoms with Crippen molar-refractivity contribution in [2.75, 3.05) is 12.3 Å². The number of unbranched alkanes of at least 4 members (excludes halogenated alkanes) is 2. The van der Waals surface area contributed by atoms with Gasteiger partial charge in [-0.2, -0.15) is 0 Å². The lowest BCUT2D eigenvalue weighted by Crippen LogP contribution is -2.26. The highest BCUT2D eigenvalue weighted by atomic mass is 32.2. The largest absolute Gasteiger partial charge is 0.355 e. The van der Waals surface area contributed by atoms with Crippen LogP contribution in [0.2, 0.25) is 0 Å². The number of hydrogen-bond acceptors (Lipinski definition) is 5. The molecule has 0 bridgehead atoms. The Bertz CT molecular complexity index is 768. The third-order valence-electron chi connectivity index (χ3n) is 5.25. The summed E-state index contributed by atoms with van der Waals surface area (Å²) < 4.78 is 2.02. The number of carbonyl (C=O) groups excluding carboxylic acids is 1. The molecule has 3 rings (SSSR count). The molecule has 7 heteroatoms. The van der Waals surface area contributed by atoms with Crippen LogP contribution in [0.15, 0.2) is 11.2 Å². The Labute approximate surface area is 170 Å². The van der Waals surface area contributed by atoms with Gasteiger partial charge in [-0.05, 0) is 43.2 Å². The Morgan fingerprint density at radius 2 is 2.22 bits per heavy atom. The molecule has 1 aliphatic carbocycles. The van der Waals surface area contributed by atoms with Crippen molar-refractivity contribution in [1.29, 1.82) is 0 Å². The van der Waals surface area contributed by atoms with E-state index < -0.39 is 0 Å². The number of nitrogens with zero attached hydrogens (tertiary/aromatic N) is 3. The molecule has 0 spiro atoms. The second-order valence-corrected chi connectivity index (χ2v) is 9.37. The van der Waals surface area contributed by atoms with Crippen LogP contribution in [0.25, 0.3) is 10.7 Å². The van der Waals surface area contributed by atoms with Gasteiger partial charge in [0.15, 0.2) is 11.0 Å². The number of rotatable bonds is 9. The van der Waals surface area contributed by atoms with Gasteiger partial charge in [-0.3, -0.25) is 4.79 Å². The topological polar surface area (TPSA) is 59.8 Å². The zero-order valence-electron chi connectivity index (χ0n) is 16.6. The maximum Gasteiger partial charge on any atom is 0.230 e. The molecule has 2 heterocycles. The zero-order valence-corrected chi connectivity index (χ0v) is 18.2. The first-order chi connectivity index (χ1) is 13.1. The number of nitrogens with one attached hydrogen (secondary N) is 1. The molecule has 1 atom stereocenters. The molecule has 5 nitrogen and oxygen atoms in total. The third-order valence-corrected chi connectivity index (χ3v) is 7.51. The van der Waals surface area contributed by atoms with E-state index >= 15 is 0 Å². The van der Waals surface area contributed by atoms with Crippen LogP contribution < -0.4 is 5.32 Å². The molecule has 1 N–H and O–H groups in total. The van der Waals surface area contributed by atoms with Crippen LogP contribution in [0.1, 0.15) is 56.4 Å². The Kier molecular flexibility index (Phi) is 7.35. The molecule has 148 valence electrons. The van der Waals surface area contributed by atoms with Crippen molar-refractivity contribution in [1.82, 2.24) is 20.1 Å². The quantitative estimate of drug-likeness (QED) is 0.493. The van der Waals surface area contributed by atoms with Gasteiger partial charge in [-0.15, -0.1) is 21.5 Å². The molecule has 0 radical (unpaired) electrons. The van der Waals surface area contributed by atoms with Crippen LogP contribution in [0.4, 0.5) is 0 Å². The van der Waals surface area contributed by atoms with Crippen molar-refractivity contribution in [3.8, 4) is 10.7 Å². The molecule has 1 unspecified atom stereocenters. The summed E-state index contributed by atoms with van der Waals surface area (Å²) in [5, 5.41) is 12.5. The van der Waals surface area contributed by atoms with Gasteiger partial charge >= 0.3 is 0 Å². The van der Waals surface area contributed by atoms with Crippen molar-refractivity contribution >= 4 is 29.0 Å². The molecule has 0 aromatic carbocycles. The molecule has 2 aromatic rings. The summed E-state index contributed by atoms with van der Waals surface area (Å²) >= 11 is 3.31. The number of amides is 1. The summed E-state index contributed by atoms with van der Waals surface area (Å²) in [5.74, 6) is 2.18. The molecule has 0 aliphatic heterocycles. The fourth-order valence-corrected chi connectivity index (χ4v) is 5.47. The minimum Gasteiger partial charge on any atom is -0.355 e. The summed E-state index contributed by atoms with van der Waals surface area (Å²) in [6.45, 7) is 5.21. The van der Waals surface area contributed by atoms with E-state index in [1.807, 2.05) is 23.0 Å². The molecule has 0 saturated heterocycles. The molecule has 27 heavy (non-hydrogen) atoms.